The first-order valence-corrected chi connectivity index (χ1v) is 8.05. The average molecular weight is 460 g/mol. The van der Waals surface area contributed by atoms with E-state index >= 15 is 0 Å². The molecule has 0 aliphatic carbocycles. The lowest BCUT2D eigenvalue weighted by atomic mass is 10.1. The van der Waals surface area contributed by atoms with E-state index in [1.54, 1.807) is 6.20 Å². The third-order valence-electron chi connectivity index (χ3n) is 3.41. The van der Waals surface area contributed by atoms with Gasteiger partial charge >= 0.3 is 0 Å². The molecule has 25 heavy (non-hydrogen) atoms. The highest BCUT2D eigenvalue weighted by Crippen LogP contribution is 2.09. The number of guanidine groups is 1. The van der Waals surface area contributed by atoms with Crippen LogP contribution in [0.1, 0.15) is 18.2 Å². The summed E-state index contributed by atoms with van der Waals surface area (Å²) in [5.41, 5.74) is 1.47. The van der Waals surface area contributed by atoms with Gasteiger partial charge in [-0.2, -0.15) is 0 Å². The maximum atomic E-state index is 13.6. The molecular formula is C18H23F2IN4. The number of pyridine rings is 1. The zero-order chi connectivity index (χ0) is 17.2. The number of aliphatic imine (C=N–C) groups is 1. The number of hydrogen-bond acceptors (Lipinski definition) is 2. The first kappa shape index (κ1) is 21.3. The summed E-state index contributed by atoms with van der Waals surface area (Å²) in [6.07, 6.45) is 2.97. The van der Waals surface area contributed by atoms with Gasteiger partial charge in [-0.25, -0.2) is 8.78 Å². The number of nitrogens with zero attached hydrogens (tertiary/aromatic N) is 2. The highest BCUT2D eigenvalue weighted by molar-refractivity contribution is 14.0. The molecule has 0 saturated heterocycles. The minimum absolute atomic E-state index is 0. The SMILES string of the molecule is CCNC(=NCCc1ccccn1)NCCc1ccc(F)cc1F.I. The molecule has 0 fully saturated rings. The molecule has 1 aromatic heterocycles. The standard InChI is InChI=1S/C18H22F2N4.HI/c1-2-21-18(24-12-9-16-5-3-4-10-22-16)23-11-8-14-6-7-15(19)13-17(14)20;/h3-7,10,13H,2,8-9,11-12H2,1H3,(H2,21,23,24);1H. The number of hydrogen-bond donors (Lipinski definition) is 2. The Morgan fingerprint density at radius 2 is 1.96 bits per heavy atom. The van der Waals surface area contributed by atoms with Crippen molar-refractivity contribution in [3.63, 3.8) is 0 Å². The monoisotopic (exact) mass is 460 g/mol. The van der Waals surface area contributed by atoms with Crippen LogP contribution < -0.4 is 10.6 Å². The van der Waals surface area contributed by atoms with Crippen molar-refractivity contribution in [3.05, 3.63) is 65.5 Å². The lowest BCUT2D eigenvalue weighted by Crippen LogP contribution is -2.38. The normalized spacial score (nSPS) is 10.9. The van der Waals surface area contributed by atoms with Crippen LogP contribution in [0.2, 0.25) is 0 Å². The largest absolute Gasteiger partial charge is 0.357 e. The first-order chi connectivity index (χ1) is 11.7. The predicted molar refractivity (Wildman–Crippen MR) is 107 cm³/mol. The zero-order valence-electron chi connectivity index (χ0n) is 14.1. The molecule has 0 saturated carbocycles. The van der Waals surface area contributed by atoms with E-state index in [-0.39, 0.29) is 24.0 Å². The second-order valence-electron chi connectivity index (χ2n) is 5.24. The van der Waals surface area contributed by atoms with E-state index in [4.69, 9.17) is 0 Å². The lowest BCUT2D eigenvalue weighted by molar-refractivity contribution is 0.570. The molecule has 0 aliphatic rings. The number of benzene rings is 1. The van der Waals surface area contributed by atoms with E-state index in [1.807, 2.05) is 25.1 Å². The van der Waals surface area contributed by atoms with Crippen molar-refractivity contribution in [1.82, 2.24) is 15.6 Å². The summed E-state index contributed by atoms with van der Waals surface area (Å²) in [6.45, 7) is 3.84. The first-order valence-electron chi connectivity index (χ1n) is 8.05. The van der Waals surface area contributed by atoms with Gasteiger partial charge in [-0.3, -0.25) is 9.98 Å². The molecule has 0 spiro atoms. The Hall–Kier alpha value is -1.77. The van der Waals surface area contributed by atoms with E-state index in [1.165, 1.54) is 12.1 Å². The molecule has 2 N–H and O–H groups in total. The zero-order valence-corrected chi connectivity index (χ0v) is 16.5. The van der Waals surface area contributed by atoms with Crippen LogP contribution in [0.4, 0.5) is 8.78 Å². The van der Waals surface area contributed by atoms with Crippen molar-refractivity contribution in [2.75, 3.05) is 19.6 Å². The van der Waals surface area contributed by atoms with Gasteiger partial charge in [0.1, 0.15) is 11.6 Å². The van der Waals surface area contributed by atoms with Gasteiger partial charge in [0.05, 0.1) is 0 Å². The number of aromatic nitrogens is 1. The van der Waals surface area contributed by atoms with Crippen LogP contribution in [0, 0.1) is 11.6 Å². The summed E-state index contributed by atoms with van der Waals surface area (Å²) >= 11 is 0. The van der Waals surface area contributed by atoms with E-state index < -0.39 is 11.6 Å². The predicted octanol–water partition coefficient (Wildman–Crippen LogP) is 3.32. The smallest absolute Gasteiger partial charge is 0.191 e. The van der Waals surface area contributed by atoms with Gasteiger partial charge in [-0.1, -0.05) is 12.1 Å². The van der Waals surface area contributed by atoms with Crippen molar-refractivity contribution in [3.8, 4) is 0 Å². The van der Waals surface area contributed by atoms with Gasteiger partial charge < -0.3 is 10.6 Å². The van der Waals surface area contributed by atoms with Gasteiger partial charge in [0, 0.05) is 44.0 Å². The van der Waals surface area contributed by atoms with Gasteiger partial charge in [-0.05, 0) is 37.1 Å². The topological polar surface area (TPSA) is 49.3 Å². The van der Waals surface area contributed by atoms with Crippen LogP contribution in [0.3, 0.4) is 0 Å². The highest BCUT2D eigenvalue weighted by atomic mass is 127. The molecule has 4 nitrogen and oxygen atoms in total. The lowest BCUT2D eigenvalue weighted by Gasteiger charge is -2.11. The summed E-state index contributed by atoms with van der Waals surface area (Å²) < 4.78 is 26.5. The fraction of sp³-hybridized carbons (Fsp3) is 0.333. The highest BCUT2D eigenvalue weighted by Gasteiger charge is 2.04. The minimum atomic E-state index is -0.561. The molecule has 0 bridgehead atoms. The van der Waals surface area contributed by atoms with E-state index in [9.17, 15) is 8.78 Å². The van der Waals surface area contributed by atoms with Crippen LogP contribution >= 0.6 is 24.0 Å². The molecule has 0 aliphatic heterocycles. The van der Waals surface area contributed by atoms with Gasteiger partial charge in [0.2, 0.25) is 0 Å². The molecule has 2 aromatic rings. The Labute approximate surface area is 164 Å². The van der Waals surface area contributed by atoms with Crippen LogP contribution in [0.25, 0.3) is 0 Å². The van der Waals surface area contributed by atoms with E-state index in [0.717, 1.165) is 24.7 Å². The molecule has 0 radical (unpaired) electrons. The Balaban J connectivity index is 0.00000312. The Kier molecular flexibility index (Phi) is 9.98. The fourth-order valence-electron chi connectivity index (χ4n) is 2.21. The number of halogens is 3. The summed E-state index contributed by atoms with van der Waals surface area (Å²) in [6, 6.07) is 9.44. The molecule has 1 heterocycles. The van der Waals surface area contributed by atoms with Crippen molar-refractivity contribution in [2.45, 2.75) is 19.8 Å². The number of nitrogens with one attached hydrogen (secondary N) is 2. The van der Waals surface area contributed by atoms with Crippen LogP contribution in [-0.2, 0) is 12.8 Å². The molecule has 7 heteroatoms. The molecule has 0 unspecified atom stereocenters. The molecule has 1 aromatic carbocycles. The quantitative estimate of drug-likeness (QED) is 0.379. The summed E-state index contributed by atoms with van der Waals surface area (Å²) in [4.78, 5) is 8.73. The maximum Gasteiger partial charge on any atom is 0.191 e. The van der Waals surface area contributed by atoms with E-state index in [2.05, 4.69) is 20.6 Å². The summed E-state index contributed by atoms with van der Waals surface area (Å²) in [5.74, 6) is -0.404. The maximum absolute atomic E-state index is 13.6. The van der Waals surface area contributed by atoms with Crippen LogP contribution in [0.5, 0.6) is 0 Å². The molecule has 0 amide bonds. The molecule has 0 atom stereocenters. The number of rotatable bonds is 7. The van der Waals surface area contributed by atoms with Crippen LogP contribution in [0.15, 0.2) is 47.6 Å². The second kappa shape index (κ2) is 11.7. The third-order valence-corrected chi connectivity index (χ3v) is 3.41. The average Bonchev–Trinajstić information content (AvgIpc) is 2.58. The van der Waals surface area contributed by atoms with Crippen molar-refractivity contribution < 1.29 is 8.78 Å². The third kappa shape index (κ3) is 7.76. The molecule has 2 rings (SSSR count). The van der Waals surface area contributed by atoms with Crippen molar-refractivity contribution in [2.24, 2.45) is 4.99 Å². The van der Waals surface area contributed by atoms with Gasteiger partial charge in [0.15, 0.2) is 5.96 Å². The Morgan fingerprint density at radius 1 is 1.12 bits per heavy atom. The van der Waals surface area contributed by atoms with Crippen molar-refractivity contribution >= 4 is 29.9 Å². The summed E-state index contributed by atoms with van der Waals surface area (Å²) in [7, 11) is 0. The second-order valence-corrected chi connectivity index (χ2v) is 5.24. The molecular weight excluding hydrogens is 437 g/mol. The van der Waals surface area contributed by atoms with Gasteiger partial charge in [-0.15, -0.1) is 24.0 Å². The summed E-state index contributed by atoms with van der Waals surface area (Å²) in [5, 5.41) is 6.30. The Morgan fingerprint density at radius 3 is 2.64 bits per heavy atom. The fourth-order valence-corrected chi connectivity index (χ4v) is 2.21. The van der Waals surface area contributed by atoms with Gasteiger partial charge in [0.25, 0.3) is 0 Å². The van der Waals surface area contributed by atoms with Crippen LogP contribution in [-0.4, -0.2) is 30.6 Å². The minimum Gasteiger partial charge on any atom is -0.357 e. The Bertz CT molecular complexity index is 665. The molecule has 136 valence electrons. The van der Waals surface area contributed by atoms with E-state index in [0.29, 0.717) is 31.0 Å². The van der Waals surface area contributed by atoms with Crippen molar-refractivity contribution in [1.29, 1.82) is 0 Å².